The Hall–Kier alpha value is -2.71. The summed E-state index contributed by atoms with van der Waals surface area (Å²) in [5.74, 6) is 2.61. The fraction of sp³-hybridized carbons (Fsp3) is 0.476. The number of nitrogens with one attached hydrogen (secondary N) is 1. The maximum absolute atomic E-state index is 10.4. The molecule has 2 N–H and O–H groups in total. The Bertz CT molecular complexity index is 1020. The van der Waals surface area contributed by atoms with E-state index in [0.717, 1.165) is 53.7 Å². The molecule has 0 amide bonds. The molecular weight excluding hydrogens is 368 g/mol. The molecule has 0 aliphatic carbocycles. The summed E-state index contributed by atoms with van der Waals surface area (Å²) in [6, 6.07) is 6.46. The number of nitrogens with zero attached hydrogens (tertiary/aromatic N) is 5. The van der Waals surface area contributed by atoms with E-state index in [1.54, 1.807) is 6.33 Å². The van der Waals surface area contributed by atoms with Crippen molar-refractivity contribution in [3.63, 3.8) is 0 Å². The molecule has 0 unspecified atom stereocenters. The van der Waals surface area contributed by atoms with E-state index in [-0.39, 0.29) is 18.1 Å². The van der Waals surface area contributed by atoms with Crippen molar-refractivity contribution in [3.05, 3.63) is 36.3 Å². The minimum Gasteiger partial charge on any atom is -0.491 e. The molecule has 1 saturated heterocycles. The van der Waals surface area contributed by atoms with Crippen molar-refractivity contribution in [1.82, 2.24) is 29.6 Å². The van der Waals surface area contributed by atoms with E-state index in [1.807, 2.05) is 10.9 Å². The molecule has 4 heterocycles. The molecule has 2 atom stereocenters. The first kappa shape index (κ1) is 18.3. The van der Waals surface area contributed by atoms with Gasteiger partial charge in [-0.25, -0.2) is 14.6 Å². The SMILES string of the molecule is CC(C)n1ncnc1-c1cn2c(n1)-c1ccc([C@H]3CCNC[C@@H]3O)cc1OCC2. The third-order valence-electron chi connectivity index (χ3n) is 5.78. The highest BCUT2D eigenvalue weighted by Gasteiger charge is 2.27. The van der Waals surface area contributed by atoms with Crippen molar-refractivity contribution in [2.45, 2.75) is 44.9 Å². The van der Waals surface area contributed by atoms with E-state index in [9.17, 15) is 5.11 Å². The molecule has 0 saturated carbocycles. The van der Waals surface area contributed by atoms with Gasteiger partial charge in [0, 0.05) is 24.7 Å². The van der Waals surface area contributed by atoms with Gasteiger partial charge in [0.1, 0.15) is 30.2 Å². The molecular formula is C21H26N6O2. The summed E-state index contributed by atoms with van der Waals surface area (Å²) in [5, 5.41) is 18.0. The molecule has 1 aromatic carbocycles. The summed E-state index contributed by atoms with van der Waals surface area (Å²) in [4.78, 5) is 9.32. The first-order valence-corrected chi connectivity index (χ1v) is 10.2. The van der Waals surface area contributed by atoms with Gasteiger partial charge in [0.05, 0.1) is 18.2 Å². The van der Waals surface area contributed by atoms with Crippen molar-refractivity contribution in [1.29, 1.82) is 0 Å². The van der Waals surface area contributed by atoms with Gasteiger partial charge in [-0.05, 0) is 44.5 Å². The highest BCUT2D eigenvalue weighted by molar-refractivity contribution is 5.69. The van der Waals surface area contributed by atoms with Crippen LogP contribution in [0.25, 0.3) is 22.9 Å². The van der Waals surface area contributed by atoms with Gasteiger partial charge in [0.2, 0.25) is 0 Å². The number of aromatic nitrogens is 5. The van der Waals surface area contributed by atoms with E-state index in [4.69, 9.17) is 9.72 Å². The Kier molecular flexibility index (Phi) is 4.60. The minimum atomic E-state index is -0.372. The normalized spacial score (nSPS) is 21.4. The van der Waals surface area contributed by atoms with Gasteiger partial charge in [-0.15, -0.1) is 0 Å². The molecule has 8 nitrogen and oxygen atoms in total. The number of hydrogen-bond acceptors (Lipinski definition) is 6. The van der Waals surface area contributed by atoms with Gasteiger partial charge in [0.25, 0.3) is 0 Å². The second-order valence-corrected chi connectivity index (χ2v) is 8.04. The summed E-state index contributed by atoms with van der Waals surface area (Å²) < 4.78 is 10.1. The summed E-state index contributed by atoms with van der Waals surface area (Å²) in [5.41, 5.74) is 2.91. The third-order valence-corrected chi connectivity index (χ3v) is 5.78. The number of hydrogen-bond donors (Lipinski definition) is 2. The number of aliphatic hydroxyl groups excluding tert-OH is 1. The second-order valence-electron chi connectivity index (χ2n) is 8.04. The van der Waals surface area contributed by atoms with Crippen LogP contribution in [0.15, 0.2) is 30.7 Å². The molecule has 2 aliphatic heterocycles. The van der Waals surface area contributed by atoms with E-state index >= 15 is 0 Å². The molecule has 0 spiro atoms. The molecule has 29 heavy (non-hydrogen) atoms. The number of piperidine rings is 1. The molecule has 1 fully saturated rings. The third kappa shape index (κ3) is 3.22. The first-order valence-electron chi connectivity index (χ1n) is 10.2. The lowest BCUT2D eigenvalue weighted by molar-refractivity contribution is 0.118. The lowest BCUT2D eigenvalue weighted by atomic mass is 9.87. The molecule has 3 aromatic rings. The van der Waals surface area contributed by atoms with Crippen molar-refractivity contribution in [2.24, 2.45) is 0 Å². The highest BCUT2D eigenvalue weighted by atomic mass is 16.5. The fourth-order valence-corrected chi connectivity index (χ4v) is 4.28. The van der Waals surface area contributed by atoms with Gasteiger partial charge in [-0.1, -0.05) is 6.07 Å². The van der Waals surface area contributed by atoms with Gasteiger partial charge in [0.15, 0.2) is 5.82 Å². The Balaban J connectivity index is 1.54. The van der Waals surface area contributed by atoms with Crippen LogP contribution < -0.4 is 10.1 Å². The van der Waals surface area contributed by atoms with Crippen LogP contribution >= 0.6 is 0 Å². The maximum atomic E-state index is 10.4. The standard InChI is InChI=1S/C21H26N6O2/c1-13(2)27-21(23-12-24-27)17-11-26-7-8-29-19-9-14(3-4-16(19)20(26)25-17)15-5-6-22-10-18(15)28/h3-4,9,11-13,15,18,22,28H,5-8,10H2,1-2H3/t15-,18+/m1/s1. The van der Waals surface area contributed by atoms with Crippen LogP contribution in [0.3, 0.4) is 0 Å². The van der Waals surface area contributed by atoms with Crippen molar-refractivity contribution >= 4 is 0 Å². The Labute approximate surface area is 169 Å². The number of β-amino-alcohol motifs (C(OH)–C–C–N with tert-alkyl or cyclic N) is 1. The predicted molar refractivity (Wildman–Crippen MR) is 109 cm³/mol. The zero-order chi connectivity index (χ0) is 20.0. The quantitative estimate of drug-likeness (QED) is 0.708. The number of ether oxygens (including phenoxy) is 1. The summed E-state index contributed by atoms with van der Waals surface area (Å²) in [6.45, 7) is 7.01. The van der Waals surface area contributed by atoms with Crippen LogP contribution in [-0.2, 0) is 6.54 Å². The zero-order valence-electron chi connectivity index (χ0n) is 16.7. The highest BCUT2D eigenvalue weighted by Crippen LogP contribution is 2.37. The van der Waals surface area contributed by atoms with Crippen molar-refractivity contribution in [3.8, 4) is 28.7 Å². The van der Waals surface area contributed by atoms with E-state index in [1.165, 1.54) is 0 Å². The van der Waals surface area contributed by atoms with Crippen molar-refractivity contribution in [2.75, 3.05) is 19.7 Å². The number of rotatable bonds is 3. The Morgan fingerprint density at radius 3 is 3.00 bits per heavy atom. The summed E-state index contributed by atoms with van der Waals surface area (Å²) >= 11 is 0. The van der Waals surface area contributed by atoms with E-state index in [2.05, 4.69) is 52.0 Å². The van der Waals surface area contributed by atoms with Crippen LogP contribution in [0.5, 0.6) is 5.75 Å². The number of benzene rings is 1. The van der Waals surface area contributed by atoms with Crippen LogP contribution in [0.1, 0.15) is 37.8 Å². The number of aliphatic hydroxyl groups is 1. The average molecular weight is 394 g/mol. The number of imidazole rings is 1. The monoisotopic (exact) mass is 394 g/mol. The molecule has 8 heteroatoms. The van der Waals surface area contributed by atoms with E-state index < -0.39 is 0 Å². The van der Waals surface area contributed by atoms with Gasteiger partial charge in [-0.2, -0.15) is 5.10 Å². The van der Waals surface area contributed by atoms with Crippen LogP contribution in [0, 0.1) is 0 Å². The predicted octanol–water partition coefficient (Wildman–Crippen LogP) is 2.22. The lowest BCUT2D eigenvalue weighted by Crippen LogP contribution is -2.39. The number of fused-ring (bicyclic) bond motifs is 3. The fourth-order valence-electron chi connectivity index (χ4n) is 4.28. The smallest absolute Gasteiger partial charge is 0.178 e. The molecule has 2 aromatic heterocycles. The molecule has 2 aliphatic rings. The first-order chi connectivity index (χ1) is 14.1. The maximum Gasteiger partial charge on any atom is 0.178 e. The van der Waals surface area contributed by atoms with Crippen LogP contribution in [0.4, 0.5) is 0 Å². The van der Waals surface area contributed by atoms with Gasteiger partial charge >= 0.3 is 0 Å². The molecule has 0 bridgehead atoms. The zero-order valence-corrected chi connectivity index (χ0v) is 16.7. The van der Waals surface area contributed by atoms with Crippen LogP contribution in [0.2, 0.25) is 0 Å². The van der Waals surface area contributed by atoms with Gasteiger partial charge < -0.3 is 19.7 Å². The molecule has 0 radical (unpaired) electrons. The average Bonchev–Trinajstić information content (AvgIpc) is 3.32. The summed E-state index contributed by atoms with van der Waals surface area (Å²) in [6.07, 6.45) is 4.15. The Morgan fingerprint density at radius 1 is 1.28 bits per heavy atom. The topological polar surface area (TPSA) is 90.0 Å². The largest absolute Gasteiger partial charge is 0.491 e. The van der Waals surface area contributed by atoms with Crippen LogP contribution in [-0.4, -0.2) is 55.2 Å². The molecule has 5 rings (SSSR count). The summed E-state index contributed by atoms with van der Waals surface area (Å²) in [7, 11) is 0. The minimum absolute atomic E-state index is 0.133. The lowest BCUT2D eigenvalue weighted by Gasteiger charge is -2.29. The second kappa shape index (κ2) is 7.27. The van der Waals surface area contributed by atoms with Gasteiger partial charge in [-0.3, -0.25) is 0 Å². The molecule has 152 valence electrons. The Morgan fingerprint density at radius 2 is 2.17 bits per heavy atom. The van der Waals surface area contributed by atoms with Crippen molar-refractivity contribution < 1.29 is 9.84 Å². The van der Waals surface area contributed by atoms with E-state index in [0.29, 0.717) is 13.2 Å².